The first kappa shape index (κ1) is 17.3. The van der Waals surface area contributed by atoms with Crippen LogP contribution in [0, 0.1) is 0 Å². The zero-order valence-corrected chi connectivity index (χ0v) is 15.6. The Labute approximate surface area is 159 Å². The number of hydrogen-bond donors (Lipinski definition) is 1. The van der Waals surface area contributed by atoms with Crippen LogP contribution in [0.25, 0.3) is 0 Å². The van der Waals surface area contributed by atoms with Gasteiger partial charge in [0.05, 0.1) is 24.7 Å². The summed E-state index contributed by atoms with van der Waals surface area (Å²) in [7, 11) is 3.12. The molecule has 136 valence electrons. The molecule has 0 amide bonds. The first-order valence-corrected chi connectivity index (χ1v) is 9.15. The molecule has 0 saturated heterocycles. The molecule has 0 unspecified atom stereocenters. The number of ketones is 2. The van der Waals surface area contributed by atoms with E-state index in [1.54, 1.807) is 43.9 Å². The van der Waals surface area contributed by atoms with Gasteiger partial charge < -0.3 is 14.6 Å². The van der Waals surface area contributed by atoms with Crippen LogP contribution in [-0.2, 0) is 6.42 Å². The lowest BCUT2D eigenvalue weighted by atomic mass is 9.86. The second kappa shape index (κ2) is 6.55. The summed E-state index contributed by atoms with van der Waals surface area (Å²) in [6.45, 7) is 0. The highest BCUT2D eigenvalue weighted by Gasteiger charge is 2.33. The summed E-state index contributed by atoms with van der Waals surface area (Å²) >= 11 is 1.22. The Kier molecular flexibility index (Phi) is 4.20. The molecule has 0 atom stereocenters. The van der Waals surface area contributed by atoms with E-state index in [0.29, 0.717) is 33.9 Å². The first-order valence-electron chi connectivity index (χ1n) is 8.27. The molecule has 0 bridgehead atoms. The molecule has 1 aliphatic rings. The van der Waals surface area contributed by atoms with Gasteiger partial charge in [0, 0.05) is 17.5 Å². The van der Waals surface area contributed by atoms with E-state index < -0.39 is 0 Å². The van der Waals surface area contributed by atoms with Gasteiger partial charge in [-0.05, 0) is 40.8 Å². The van der Waals surface area contributed by atoms with E-state index in [1.165, 1.54) is 11.3 Å². The van der Waals surface area contributed by atoms with E-state index in [2.05, 4.69) is 0 Å². The van der Waals surface area contributed by atoms with Crippen molar-refractivity contribution in [2.75, 3.05) is 14.2 Å². The summed E-state index contributed by atoms with van der Waals surface area (Å²) < 4.78 is 10.5. The zero-order valence-electron chi connectivity index (χ0n) is 14.7. The summed E-state index contributed by atoms with van der Waals surface area (Å²) in [5.74, 6) is 0.526. The molecule has 1 N–H and O–H groups in total. The normalized spacial score (nSPS) is 12.5. The fourth-order valence-corrected chi connectivity index (χ4v) is 4.17. The number of methoxy groups -OCH3 is 2. The average molecular weight is 380 g/mol. The molecule has 1 heterocycles. The van der Waals surface area contributed by atoms with Crippen LogP contribution in [0.2, 0.25) is 0 Å². The van der Waals surface area contributed by atoms with E-state index in [0.717, 1.165) is 5.56 Å². The maximum atomic E-state index is 12.8. The summed E-state index contributed by atoms with van der Waals surface area (Å²) in [6.07, 6.45) is 0.387. The van der Waals surface area contributed by atoms with Gasteiger partial charge in [-0.25, -0.2) is 0 Å². The summed E-state index contributed by atoms with van der Waals surface area (Å²) in [4.78, 5) is 25.8. The molecule has 0 fully saturated rings. The van der Waals surface area contributed by atoms with Gasteiger partial charge in [-0.15, -0.1) is 11.3 Å². The SMILES string of the molecule is COc1ccc(Cc2ccc3c(c2O)C(=O)c2sccc2C3=O)cc1OC. The minimum Gasteiger partial charge on any atom is -0.507 e. The Hall–Kier alpha value is -3.12. The van der Waals surface area contributed by atoms with Crippen molar-refractivity contribution in [2.24, 2.45) is 0 Å². The van der Waals surface area contributed by atoms with Crippen LogP contribution in [0.3, 0.4) is 0 Å². The lowest BCUT2D eigenvalue weighted by Gasteiger charge is -2.18. The number of aromatic hydroxyl groups is 1. The number of hydrogen-bond acceptors (Lipinski definition) is 6. The first-order chi connectivity index (χ1) is 13.0. The van der Waals surface area contributed by atoms with Gasteiger partial charge in [0.15, 0.2) is 17.3 Å². The molecular weight excluding hydrogens is 364 g/mol. The van der Waals surface area contributed by atoms with Gasteiger partial charge in [0.25, 0.3) is 0 Å². The van der Waals surface area contributed by atoms with E-state index in [-0.39, 0.29) is 28.4 Å². The monoisotopic (exact) mass is 380 g/mol. The van der Waals surface area contributed by atoms with Crippen LogP contribution in [0.1, 0.15) is 42.3 Å². The number of ether oxygens (including phenoxy) is 2. The Morgan fingerprint density at radius 3 is 2.44 bits per heavy atom. The largest absolute Gasteiger partial charge is 0.507 e. The van der Waals surface area contributed by atoms with Crippen LogP contribution in [0.4, 0.5) is 0 Å². The molecule has 5 nitrogen and oxygen atoms in total. The topological polar surface area (TPSA) is 72.8 Å². The molecule has 3 aromatic rings. The molecule has 2 aromatic carbocycles. The summed E-state index contributed by atoms with van der Waals surface area (Å²) in [5, 5.41) is 12.5. The number of phenolic OH excluding ortho intramolecular Hbond substituents is 1. The fourth-order valence-electron chi connectivity index (χ4n) is 3.33. The minimum atomic E-state index is -0.304. The number of benzene rings is 2. The van der Waals surface area contributed by atoms with Crippen molar-refractivity contribution in [3.05, 3.63) is 74.5 Å². The van der Waals surface area contributed by atoms with Gasteiger partial charge in [-0.3, -0.25) is 9.59 Å². The van der Waals surface area contributed by atoms with Crippen molar-refractivity contribution in [3.63, 3.8) is 0 Å². The van der Waals surface area contributed by atoms with Gasteiger partial charge in [0.1, 0.15) is 5.75 Å². The number of carbonyl (C=O) groups excluding carboxylic acids is 2. The lowest BCUT2D eigenvalue weighted by Crippen LogP contribution is -2.19. The molecule has 27 heavy (non-hydrogen) atoms. The number of carbonyl (C=O) groups is 2. The second-order valence-electron chi connectivity index (χ2n) is 6.18. The highest BCUT2D eigenvalue weighted by Crippen LogP contribution is 2.38. The standard InChI is InChI=1S/C21H16O5S/c1-25-15-6-3-11(10-16(15)26-2)9-12-4-5-13-17(18(12)22)20(24)21-14(19(13)23)7-8-27-21/h3-8,10,22H,9H2,1-2H3. The fraction of sp³-hybridized carbons (Fsp3) is 0.143. The zero-order chi connectivity index (χ0) is 19.1. The molecule has 6 heteroatoms. The molecule has 1 aliphatic carbocycles. The van der Waals surface area contributed by atoms with Crippen LogP contribution in [-0.4, -0.2) is 30.9 Å². The molecule has 0 aliphatic heterocycles. The molecule has 4 rings (SSSR count). The summed E-state index contributed by atoms with van der Waals surface area (Å²) in [6, 6.07) is 10.4. The Morgan fingerprint density at radius 1 is 0.926 bits per heavy atom. The maximum absolute atomic E-state index is 12.8. The third kappa shape index (κ3) is 2.69. The van der Waals surface area contributed by atoms with Crippen LogP contribution in [0.15, 0.2) is 41.8 Å². The van der Waals surface area contributed by atoms with Crippen molar-refractivity contribution in [3.8, 4) is 17.2 Å². The van der Waals surface area contributed by atoms with E-state index >= 15 is 0 Å². The van der Waals surface area contributed by atoms with Crippen LogP contribution >= 0.6 is 11.3 Å². The van der Waals surface area contributed by atoms with Crippen LogP contribution in [0.5, 0.6) is 17.2 Å². The van der Waals surface area contributed by atoms with E-state index in [4.69, 9.17) is 9.47 Å². The van der Waals surface area contributed by atoms with Crippen molar-refractivity contribution in [1.29, 1.82) is 0 Å². The van der Waals surface area contributed by atoms with Gasteiger partial charge in [0.2, 0.25) is 5.78 Å². The van der Waals surface area contributed by atoms with Gasteiger partial charge in [-0.1, -0.05) is 12.1 Å². The molecule has 1 aromatic heterocycles. The smallest absolute Gasteiger partial charge is 0.208 e. The predicted octanol–water partition coefficient (Wildman–Crippen LogP) is 3.84. The number of phenols is 1. The molecular formula is C21H16O5S. The second-order valence-corrected chi connectivity index (χ2v) is 7.10. The third-order valence-electron chi connectivity index (χ3n) is 4.69. The quantitative estimate of drug-likeness (QED) is 0.582. The van der Waals surface area contributed by atoms with Crippen molar-refractivity contribution >= 4 is 22.9 Å². The Balaban J connectivity index is 1.75. The highest BCUT2D eigenvalue weighted by molar-refractivity contribution is 7.12. The van der Waals surface area contributed by atoms with Crippen molar-refractivity contribution in [2.45, 2.75) is 6.42 Å². The van der Waals surface area contributed by atoms with Crippen molar-refractivity contribution in [1.82, 2.24) is 0 Å². The van der Waals surface area contributed by atoms with Crippen molar-refractivity contribution < 1.29 is 24.2 Å². The van der Waals surface area contributed by atoms with Crippen LogP contribution < -0.4 is 9.47 Å². The lowest BCUT2D eigenvalue weighted by molar-refractivity contribution is 0.0980. The summed E-state index contributed by atoms with van der Waals surface area (Å²) in [5.41, 5.74) is 2.20. The molecule has 0 radical (unpaired) electrons. The number of fused-ring (bicyclic) bond motifs is 2. The number of thiophene rings is 1. The maximum Gasteiger partial charge on any atom is 0.208 e. The Morgan fingerprint density at radius 2 is 1.70 bits per heavy atom. The molecule has 0 saturated carbocycles. The predicted molar refractivity (Wildman–Crippen MR) is 102 cm³/mol. The molecule has 0 spiro atoms. The van der Waals surface area contributed by atoms with Gasteiger partial charge in [-0.2, -0.15) is 0 Å². The highest BCUT2D eigenvalue weighted by atomic mass is 32.1. The van der Waals surface area contributed by atoms with Gasteiger partial charge >= 0.3 is 0 Å². The third-order valence-corrected chi connectivity index (χ3v) is 5.60. The minimum absolute atomic E-state index is 0.0907. The Bertz CT molecular complexity index is 1080. The van der Waals surface area contributed by atoms with E-state index in [1.807, 2.05) is 12.1 Å². The average Bonchev–Trinajstić information content (AvgIpc) is 3.18. The van der Waals surface area contributed by atoms with E-state index in [9.17, 15) is 14.7 Å². The number of rotatable bonds is 4.